The summed E-state index contributed by atoms with van der Waals surface area (Å²) in [6.45, 7) is -0.369. The fourth-order valence-corrected chi connectivity index (χ4v) is 7.90. The summed E-state index contributed by atoms with van der Waals surface area (Å²) in [5.41, 5.74) is 28.7. The van der Waals surface area contributed by atoms with Crippen LogP contribution in [0.15, 0.2) is 0 Å². The normalized spacial score (nSPS) is 45.7. The summed E-state index contributed by atoms with van der Waals surface area (Å²) in [5.74, 6) is -1.23. The van der Waals surface area contributed by atoms with Gasteiger partial charge in [-0.3, -0.25) is 4.79 Å². The Morgan fingerprint density at radius 2 is 1.34 bits per heavy atom. The lowest BCUT2D eigenvalue weighted by Crippen LogP contribution is -2.69. The molecule has 0 spiro atoms. The van der Waals surface area contributed by atoms with Crippen molar-refractivity contribution in [1.82, 2.24) is 16.0 Å². The van der Waals surface area contributed by atoms with Crippen molar-refractivity contribution in [1.29, 1.82) is 0 Å². The minimum Gasteiger partial charge on any atom is -0.394 e. The number of nitrogens with two attached hydrogens (primary N) is 5. The molecule has 5 fully saturated rings. The number of aliphatic hydroxyl groups excluding tert-OH is 8. The molecule has 0 radical (unpaired) electrons. The van der Waals surface area contributed by atoms with E-state index in [0.717, 1.165) is 0 Å². The van der Waals surface area contributed by atoms with E-state index in [2.05, 4.69) is 16.0 Å². The first kappa shape index (κ1) is 47.6. The van der Waals surface area contributed by atoms with Crippen LogP contribution in [0.4, 0.5) is 4.39 Å². The summed E-state index contributed by atoms with van der Waals surface area (Å²) in [6.07, 6.45) is -26.3. The van der Waals surface area contributed by atoms with Crippen molar-refractivity contribution >= 4 is 5.91 Å². The first-order chi connectivity index (χ1) is 27.4. The number of hydrogen-bond acceptors (Lipinski definition) is 23. The molecule has 1 saturated carbocycles. The molecule has 5 aliphatic rings. The van der Waals surface area contributed by atoms with Crippen LogP contribution in [0, 0.1) is 0 Å². The number of piperidine rings is 1. The van der Waals surface area contributed by atoms with Gasteiger partial charge in [-0.1, -0.05) is 0 Å². The third-order valence-corrected chi connectivity index (χ3v) is 11.6. The van der Waals surface area contributed by atoms with E-state index in [4.69, 9.17) is 57.1 Å². The highest BCUT2D eigenvalue weighted by atomic mass is 19.1. The zero-order chi connectivity index (χ0) is 42.6. The lowest BCUT2D eigenvalue weighted by molar-refractivity contribution is -0.308. The van der Waals surface area contributed by atoms with E-state index in [1.54, 1.807) is 0 Å². The van der Waals surface area contributed by atoms with Crippen molar-refractivity contribution in [2.45, 2.75) is 153 Å². The SMILES string of the molecule is NC[C@@H]1O[C@H](O[C@H]2[C@@H](O)[C@H](O[C@@H]3[C@@H](O)[C@H](NC(=O)C(O)[C@@H](F)CN)C[C@H](N)[C@H]3O[C@H]3O[C@H](CNCC4(O)CCNCC4)[C@@H](O)[C@H](O)[C@H]3N)O[C@@H]2CO)[C@H](N)[C@@H](O)[C@@H]1O. The van der Waals surface area contributed by atoms with E-state index < -0.39 is 153 Å². The van der Waals surface area contributed by atoms with E-state index in [1.165, 1.54) is 0 Å². The van der Waals surface area contributed by atoms with E-state index in [0.29, 0.717) is 25.9 Å². The van der Waals surface area contributed by atoms with Crippen LogP contribution in [-0.4, -0.2) is 232 Å². The number of aliphatic hydroxyl groups is 9. The van der Waals surface area contributed by atoms with Gasteiger partial charge in [0.05, 0.1) is 30.3 Å². The van der Waals surface area contributed by atoms with Crippen LogP contribution in [0.2, 0.25) is 0 Å². The van der Waals surface area contributed by atoms with Crippen molar-refractivity contribution < 1.29 is 83.6 Å². The Morgan fingerprint density at radius 1 is 0.793 bits per heavy atom. The zero-order valence-corrected chi connectivity index (χ0v) is 31.8. The van der Waals surface area contributed by atoms with Gasteiger partial charge >= 0.3 is 0 Å². The Morgan fingerprint density at radius 3 is 1.93 bits per heavy atom. The average molecular weight is 847 g/mol. The van der Waals surface area contributed by atoms with Gasteiger partial charge in [0.15, 0.2) is 25.0 Å². The number of halogens is 1. The molecule has 1 aliphatic carbocycles. The molecule has 22 N–H and O–H groups in total. The largest absolute Gasteiger partial charge is 0.394 e. The van der Waals surface area contributed by atoms with Gasteiger partial charge in [-0.25, -0.2) is 4.39 Å². The van der Waals surface area contributed by atoms with Gasteiger partial charge in [-0.2, -0.15) is 0 Å². The Hall–Kier alpha value is -1.48. The van der Waals surface area contributed by atoms with E-state index >= 15 is 0 Å². The average Bonchev–Trinajstić information content (AvgIpc) is 3.50. The van der Waals surface area contributed by atoms with Crippen LogP contribution in [0.3, 0.4) is 0 Å². The quantitative estimate of drug-likeness (QED) is 0.0686. The molecule has 5 rings (SSSR count). The van der Waals surface area contributed by atoms with Crippen molar-refractivity contribution in [3.05, 3.63) is 0 Å². The molecule has 0 bridgehead atoms. The maximum atomic E-state index is 14.1. The lowest BCUT2D eigenvalue weighted by atomic mass is 9.83. The third kappa shape index (κ3) is 10.6. The molecule has 0 aromatic heterocycles. The summed E-state index contributed by atoms with van der Waals surface area (Å²) in [4.78, 5) is 12.8. The Balaban J connectivity index is 1.35. The number of carbonyl (C=O) groups excluding carboxylic acids is 1. The molecule has 0 aromatic carbocycles. The third-order valence-electron chi connectivity index (χ3n) is 11.6. The molecule has 1 amide bonds. The molecule has 4 saturated heterocycles. The summed E-state index contributed by atoms with van der Waals surface area (Å²) in [6, 6.07) is -5.27. The Labute approximate surface area is 333 Å². The molecular weight excluding hydrogens is 783 g/mol. The van der Waals surface area contributed by atoms with Crippen molar-refractivity contribution in [2.24, 2.45) is 28.7 Å². The molecule has 58 heavy (non-hydrogen) atoms. The number of ether oxygens (including phenoxy) is 6. The van der Waals surface area contributed by atoms with Crippen molar-refractivity contribution in [3.63, 3.8) is 0 Å². The molecule has 0 aromatic rings. The maximum Gasteiger partial charge on any atom is 0.252 e. The number of rotatable bonds is 16. The second-order valence-corrected chi connectivity index (χ2v) is 15.8. The predicted octanol–water partition coefficient (Wildman–Crippen LogP) is -10.3. The second-order valence-electron chi connectivity index (χ2n) is 15.8. The highest BCUT2D eigenvalue weighted by molar-refractivity contribution is 5.81. The smallest absolute Gasteiger partial charge is 0.252 e. The molecule has 4 aliphatic heterocycles. The fraction of sp³-hybridized carbons (Fsp3) is 0.970. The van der Waals surface area contributed by atoms with Gasteiger partial charge in [0.1, 0.15) is 79.4 Å². The predicted molar refractivity (Wildman–Crippen MR) is 193 cm³/mol. The minimum atomic E-state index is -2.21. The van der Waals surface area contributed by atoms with Gasteiger partial charge in [-0.05, 0) is 32.4 Å². The minimum absolute atomic E-state index is 0.0585. The van der Waals surface area contributed by atoms with Crippen LogP contribution in [0.5, 0.6) is 0 Å². The summed E-state index contributed by atoms with van der Waals surface area (Å²) in [5, 5.41) is 105. The monoisotopic (exact) mass is 846 g/mol. The van der Waals surface area contributed by atoms with E-state index in [-0.39, 0.29) is 26.1 Å². The molecule has 338 valence electrons. The topological polar surface area (TPSA) is 421 Å². The van der Waals surface area contributed by atoms with Crippen LogP contribution >= 0.6 is 0 Å². The molecule has 1 unspecified atom stereocenters. The van der Waals surface area contributed by atoms with Crippen LogP contribution in [0.25, 0.3) is 0 Å². The number of hydrogen-bond donors (Lipinski definition) is 17. The Kier molecular flexibility index (Phi) is 16.9. The fourth-order valence-electron chi connectivity index (χ4n) is 7.90. The van der Waals surface area contributed by atoms with E-state index in [1.807, 2.05) is 0 Å². The number of nitrogens with one attached hydrogen (secondary N) is 3. The molecule has 21 atom stereocenters. The van der Waals surface area contributed by atoms with Crippen LogP contribution in [0.1, 0.15) is 19.3 Å². The van der Waals surface area contributed by atoms with Gasteiger partial charge in [-0.15, -0.1) is 0 Å². The van der Waals surface area contributed by atoms with Gasteiger partial charge in [0.2, 0.25) is 0 Å². The highest BCUT2D eigenvalue weighted by Gasteiger charge is 2.55. The zero-order valence-electron chi connectivity index (χ0n) is 31.8. The second kappa shape index (κ2) is 20.6. The standard InChI is InChI=1S/C33H63FN8O16/c34-11(6-35)19(44)29(51)42-13-5-12(37)26(56-31-18(39)24(49)22(47)15(54-31)8-41-10-33(52)1-3-40-4-2-33)28(20(13)45)58-32-25(50)27(16(9-43)55-32)57-30-17(38)23(48)21(46)14(7-36)53-30/h11-28,30-32,40-41,43-50,52H,1-10,35-39H2,(H,42,51)/t11-,12-,13+,14-,15+,16+,17+,18+,19?,20-,21+,22+,23+,24+,25+,26+,27+,28+,30+,31+,32-/m0/s1. The molecule has 25 heteroatoms. The molecular formula is C33H63FN8O16. The van der Waals surface area contributed by atoms with Gasteiger partial charge < -0.3 is 119 Å². The highest BCUT2D eigenvalue weighted by Crippen LogP contribution is 2.35. The van der Waals surface area contributed by atoms with Crippen molar-refractivity contribution in [3.8, 4) is 0 Å². The maximum absolute atomic E-state index is 14.1. The van der Waals surface area contributed by atoms with E-state index in [9.17, 15) is 55.1 Å². The van der Waals surface area contributed by atoms with Crippen LogP contribution < -0.4 is 44.6 Å². The van der Waals surface area contributed by atoms with Crippen LogP contribution in [-0.2, 0) is 33.2 Å². The van der Waals surface area contributed by atoms with Gasteiger partial charge in [0, 0.05) is 32.2 Å². The summed E-state index contributed by atoms with van der Waals surface area (Å²) < 4.78 is 49.7. The molecule has 24 nitrogen and oxygen atoms in total. The number of carbonyl (C=O) groups is 1. The lowest BCUT2D eigenvalue weighted by Gasteiger charge is -2.48. The first-order valence-electron chi connectivity index (χ1n) is 19.5. The molecule has 4 heterocycles. The summed E-state index contributed by atoms with van der Waals surface area (Å²) in [7, 11) is 0. The Bertz CT molecular complexity index is 1300. The number of alkyl halides is 1. The number of amides is 1. The first-order valence-corrected chi connectivity index (χ1v) is 19.5. The van der Waals surface area contributed by atoms with Crippen molar-refractivity contribution in [2.75, 3.05) is 45.9 Å². The summed E-state index contributed by atoms with van der Waals surface area (Å²) >= 11 is 0. The van der Waals surface area contributed by atoms with Gasteiger partial charge in [0.25, 0.3) is 5.91 Å².